The van der Waals surface area contributed by atoms with Crippen molar-refractivity contribution < 1.29 is 9.21 Å². The summed E-state index contributed by atoms with van der Waals surface area (Å²) in [5.41, 5.74) is 0. The molecule has 5 heteroatoms. The highest BCUT2D eigenvalue weighted by Crippen LogP contribution is 2.30. The Morgan fingerprint density at radius 2 is 2.11 bits per heavy atom. The van der Waals surface area contributed by atoms with Crippen LogP contribution in [0.3, 0.4) is 0 Å². The topological polar surface area (TPSA) is 42.2 Å². The van der Waals surface area contributed by atoms with Gasteiger partial charge >= 0.3 is 0 Å². The van der Waals surface area contributed by atoms with Crippen molar-refractivity contribution in [3.8, 4) is 0 Å². The van der Waals surface area contributed by atoms with E-state index in [-0.39, 0.29) is 16.9 Å². The number of furan rings is 1. The van der Waals surface area contributed by atoms with E-state index in [2.05, 4.69) is 21.2 Å². The van der Waals surface area contributed by atoms with Crippen molar-refractivity contribution in [1.82, 2.24) is 5.32 Å². The third-order valence-electron chi connectivity index (χ3n) is 3.59. The molecule has 0 saturated heterocycles. The Morgan fingerprint density at radius 3 is 2.72 bits per heavy atom. The Morgan fingerprint density at radius 1 is 1.39 bits per heavy atom. The molecule has 0 aromatic carbocycles. The second kappa shape index (κ2) is 6.62. The Hall–Kier alpha value is -0.480. The molecule has 1 heterocycles. The minimum absolute atomic E-state index is 0.180. The molecule has 1 aromatic rings. The van der Waals surface area contributed by atoms with E-state index in [1.54, 1.807) is 12.1 Å². The summed E-state index contributed by atoms with van der Waals surface area (Å²) >= 11 is 9.20. The van der Waals surface area contributed by atoms with Crippen LogP contribution in [0.5, 0.6) is 0 Å². The molecule has 1 aromatic heterocycles. The van der Waals surface area contributed by atoms with E-state index in [4.69, 9.17) is 16.0 Å². The zero-order valence-corrected chi connectivity index (χ0v) is 12.5. The molecule has 0 spiro atoms. The normalized spacial score (nSPS) is 23.9. The number of carbonyl (C=O) groups excluding carboxylic acids is 1. The minimum Gasteiger partial charge on any atom is -0.440 e. The van der Waals surface area contributed by atoms with Gasteiger partial charge in [-0.2, -0.15) is 0 Å². The molecule has 18 heavy (non-hydrogen) atoms. The summed E-state index contributed by atoms with van der Waals surface area (Å²) in [4.78, 5) is 11.8. The Kier molecular flexibility index (Phi) is 5.13. The summed E-state index contributed by atoms with van der Waals surface area (Å²) < 4.78 is 5.08. The fourth-order valence-electron chi connectivity index (χ4n) is 2.50. The summed E-state index contributed by atoms with van der Waals surface area (Å²) in [5.74, 6) is 1.33. The van der Waals surface area contributed by atoms with Gasteiger partial charge in [0, 0.05) is 11.9 Å². The molecule has 1 aliphatic rings. The lowest BCUT2D eigenvalue weighted by molar-refractivity contribution is 0.0909. The molecule has 1 fully saturated rings. The van der Waals surface area contributed by atoms with Crippen LogP contribution in [0.1, 0.15) is 36.2 Å². The SMILES string of the molecule is O=C(NCC1CCCCC1CBr)c1ccc(Cl)o1. The summed E-state index contributed by atoms with van der Waals surface area (Å²) in [6.07, 6.45) is 5.00. The quantitative estimate of drug-likeness (QED) is 0.849. The number of halogens is 2. The summed E-state index contributed by atoms with van der Waals surface area (Å²) in [7, 11) is 0. The van der Waals surface area contributed by atoms with Crippen LogP contribution in [-0.4, -0.2) is 17.8 Å². The van der Waals surface area contributed by atoms with Gasteiger partial charge in [0.25, 0.3) is 5.91 Å². The fraction of sp³-hybridized carbons (Fsp3) is 0.615. The third kappa shape index (κ3) is 3.51. The molecular formula is C13H17BrClNO2. The molecule has 0 aliphatic heterocycles. The lowest BCUT2D eigenvalue weighted by Crippen LogP contribution is -2.34. The summed E-state index contributed by atoms with van der Waals surface area (Å²) in [5, 5.41) is 4.19. The van der Waals surface area contributed by atoms with E-state index < -0.39 is 0 Å². The monoisotopic (exact) mass is 333 g/mol. The molecule has 2 unspecified atom stereocenters. The summed E-state index contributed by atoms with van der Waals surface area (Å²) in [6, 6.07) is 3.18. The molecule has 100 valence electrons. The maximum Gasteiger partial charge on any atom is 0.287 e. The van der Waals surface area contributed by atoms with Gasteiger partial charge < -0.3 is 9.73 Å². The highest BCUT2D eigenvalue weighted by molar-refractivity contribution is 9.09. The summed E-state index contributed by atoms with van der Waals surface area (Å²) in [6.45, 7) is 0.716. The highest BCUT2D eigenvalue weighted by Gasteiger charge is 2.24. The van der Waals surface area contributed by atoms with E-state index in [0.717, 1.165) is 5.33 Å². The van der Waals surface area contributed by atoms with Crippen molar-refractivity contribution in [2.75, 3.05) is 11.9 Å². The van der Waals surface area contributed by atoms with Crippen molar-refractivity contribution in [2.45, 2.75) is 25.7 Å². The number of nitrogens with one attached hydrogen (secondary N) is 1. The first-order chi connectivity index (χ1) is 8.70. The molecule has 0 bridgehead atoms. The smallest absolute Gasteiger partial charge is 0.287 e. The highest BCUT2D eigenvalue weighted by atomic mass is 79.9. The first-order valence-corrected chi connectivity index (χ1v) is 7.80. The van der Waals surface area contributed by atoms with Crippen molar-refractivity contribution in [3.63, 3.8) is 0 Å². The maximum atomic E-state index is 11.8. The molecule has 1 aliphatic carbocycles. The average molecular weight is 335 g/mol. The Bertz CT molecular complexity index is 407. The van der Waals surface area contributed by atoms with Crippen LogP contribution in [0.25, 0.3) is 0 Å². The lowest BCUT2D eigenvalue weighted by atomic mass is 9.80. The van der Waals surface area contributed by atoms with Gasteiger partial charge in [-0.15, -0.1) is 0 Å². The van der Waals surface area contributed by atoms with Crippen LogP contribution in [0.2, 0.25) is 5.22 Å². The molecular weight excluding hydrogens is 318 g/mol. The second-order valence-electron chi connectivity index (χ2n) is 4.77. The van der Waals surface area contributed by atoms with E-state index >= 15 is 0 Å². The average Bonchev–Trinajstić information content (AvgIpc) is 2.83. The number of alkyl halides is 1. The first-order valence-electron chi connectivity index (χ1n) is 6.30. The van der Waals surface area contributed by atoms with E-state index in [9.17, 15) is 4.79 Å². The van der Waals surface area contributed by atoms with E-state index in [1.807, 2.05) is 0 Å². The number of hydrogen-bond donors (Lipinski definition) is 1. The molecule has 1 N–H and O–H groups in total. The predicted octanol–water partition coefficient (Wildman–Crippen LogP) is 3.86. The number of hydrogen-bond acceptors (Lipinski definition) is 2. The largest absolute Gasteiger partial charge is 0.440 e. The van der Waals surface area contributed by atoms with Crippen LogP contribution < -0.4 is 5.32 Å². The molecule has 0 radical (unpaired) electrons. The third-order valence-corrected chi connectivity index (χ3v) is 4.62. The van der Waals surface area contributed by atoms with Gasteiger partial charge in [0.1, 0.15) is 0 Å². The van der Waals surface area contributed by atoms with Gasteiger partial charge in [0.05, 0.1) is 0 Å². The minimum atomic E-state index is -0.180. The molecule has 2 rings (SSSR count). The van der Waals surface area contributed by atoms with Crippen LogP contribution in [0, 0.1) is 11.8 Å². The van der Waals surface area contributed by atoms with Crippen LogP contribution in [0.4, 0.5) is 0 Å². The Labute approximate surface area is 120 Å². The first kappa shape index (κ1) is 13.9. The van der Waals surface area contributed by atoms with Gasteiger partial charge in [-0.3, -0.25) is 4.79 Å². The lowest BCUT2D eigenvalue weighted by Gasteiger charge is -2.30. The molecule has 1 saturated carbocycles. The predicted molar refractivity (Wildman–Crippen MR) is 75.3 cm³/mol. The Balaban J connectivity index is 1.85. The van der Waals surface area contributed by atoms with Crippen molar-refractivity contribution in [3.05, 3.63) is 23.1 Å². The molecule has 2 atom stereocenters. The van der Waals surface area contributed by atoms with Crippen LogP contribution in [0.15, 0.2) is 16.5 Å². The van der Waals surface area contributed by atoms with Gasteiger partial charge in [-0.05, 0) is 48.4 Å². The maximum absolute atomic E-state index is 11.8. The molecule has 3 nitrogen and oxygen atoms in total. The standard InChI is InChI=1S/C13H17BrClNO2/c14-7-9-3-1-2-4-10(9)8-16-13(17)11-5-6-12(15)18-11/h5-6,9-10H,1-4,7-8H2,(H,16,17). The van der Waals surface area contributed by atoms with E-state index in [0.29, 0.717) is 18.4 Å². The van der Waals surface area contributed by atoms with Gasteiger partial charge in [-0.1, -0.05) is 28.8 Å². The van der Waals surface area contributed by atoms with E-state index in [1.165, 1.54) is 25.7 Å². The van der Waals surface area contributed by atoms with Crippen molar-refractivity contribution in [2.24, 2.45) is 11.8 Å². The zero-order chi connectivity index (χ0) is 13.0. The number of amides is 1. The zero-order valence-electron chi connectivity index (χ0n) is 10.1. The van der Waals surface area contributed by atoms with Gasteiger partial charge in [-0.25, -0.2) is 0 Å². The van der Waals surface area contributed by atoms with Crippen molar-refractivity contribution >= 4 is 33.4 Å². The van der Waals surface area contributed by atoms with Crippen molar-refractivity contribution in [1.29, 1.82) is 0 Å². The van der Waals surface area contributed by atoms with Crippen LogP contribution in [-0.2, 0) is 0 Å². The fourth-order valence-corrected chi connectivity index (χ4v) is 3.50. The molecule has 1 amide bonds. The van der Waals surface area contributed by atoms with Gasteiger partial charge in [0.15, 0.2) is 11.0 Å². The van der Waals surface area contributed by atoms with Crippen LogP contribution >= 0.6 is 27.5 Å². The second-order valence-corrected chi connectivity index (χ2v) is 5.79. The van der Waals surface area contributed by atoms with Gasteiger partial charge in [0.2, 0.25) is 0 Å². The number of rotatable bonds is 4. The number of carbonyl (C=O) groups is 1.